The lowest BCUT2D eigenvalue weighted by Crippen LogP contribution is -2.55. The lowest BCUT2D eigenvalue weighted by atomic mass is 9.43. The summed E-state index contributed by atoms with van der Waals surface area (Å²) < 4.78 is 5.40. The Hall–Kier alpha value is -1.09. The highest BCUT2D eigenvalue weighted by atomic mass is 16.5. The fourth-order valence-corrected chi connectivity index (χ4v) is 9.63. The van der Waals surface area contributed by atoms with E-state index in [1.165, 1.54) is 18.4 Å². The van der Waals surface area contributed by atoms with Gasteiger partial charge in [0.1, 0.15) is 0 Å². The summed E-state index contributed by atoms with van der Waals surface area (Å²) in [6.07, 6.45) is 10.6. The Morgan fingerprint density at radius 1 is 1.03 bits per heavy atom. The fraction of sp³-hybridized carbons (Fsp3) is 0.844. The molecule has 0 amide bonds. The van der Waals surface area contributed by atoms with Crippen molar-refractivity contribution in [1.29, 1.82) is 0 Å². The number of esters is 1. The summed E-state index contributed by atoms with van der Waals surface area (Å²) >= 11 is 0. The highest BCUT2D eigenvalue weighted by molar-refractivity contribution is 5.73. The van der Waals surface area contributed by atoms with Crippen LogP contribution in [0.2, 0.25) is 0 Å². The molecular weight excluding hydrogens is 432 g/mol. The minimum Gasteiger partial charge on any atom is -0.469 e. The average molecular weight is 485 g/mol. The van der Waals surface area contributed by atoms with E-state index in [1.807, 2.05) is 0 Å². The quantitative estimate of drug-likeness (QED) is 0.308. The Balaban J connectivity index is 1.68. The van der Waals surface area contributed by atoms with Crippen LogP contribution < -0.4 is 0 Å². The molecule has 2 saturated carbocycles. The fourth-order valence-electron chi connectivity index (χ4n) is 9.63. The summed E-state index contributed by atoms with van der Waals surface area (Å²) in [5.74, 6) is 1.31. The lowest BCUT2D eigenvalue weighted by Gasteiger charge is -2.62. The third kappa shape index (κ3) is 3.89. The Kier molecular flexibility index (Phi) is 6.96. The van der Waals surface area contributed by atoms with Gasteiger partial charge in [0.2, 0.25) is 0 Å². The number of aliphatic hydroxyl groups is 1. The van der Waals surface area contributed by atoms with E-state index in [1.54, 1.807) is 18.3 Å². The average Bonchev–Trinajstić information content (AvgIpc) is 3.08. The van der Waals surface area contributed by atoms with E-state index in [2.05, 4.69) is 55.0 Å². The molecule has 0 aromatic carbocycles. The molecule has 2 fully saturated rings. The second-order valence-electron chi connectivity index (χ2n) is 14.2. The Morgan fingerprint density at radius 3 is 2.34 bits per heavy atom. The van der Waals surface area contributed by atoms with Gasteiger partial charge in [0.25, 0.3) is 0 Å². The number of aliphatic hydroxyl groups excluding tert-OH is 1. The first-order valence-electron chi connectivity index (χ1n) is 14.4. The van der Waals surface area contributed by atoms with Crippen LogP contribution in [0.25, 0.3) is 0 Å². The molecule has 0 radical (unpaired) electrons. The molecule has 0 bridgehead atoms. The van der Waals surface area contributed by atoms with E-state index in [0.717, 1.165) is 51.4 Å². The van der Waals surface area contributed by atoms with Gasteiger partial charge >= 0.3 is 5.97 Å². The van der Waals surface area contributed by atoms with Crippen LogP contribution in [0.3, 0.4) is 0 Å². The lowest BCUT2D eigenvalue weighted by molar-refractivity contribution is -0.150. The number of hydrogen-bond donors (Lipinski definition) is 1. The molecule has 0 saturated heterocycles. The van der Waals surface area contributed by atoms with E-state index in [4.69, 9.17) is 4.74 Å². The molecule has 0 aliphatic heterocycles. The smallest absolute Gasteiger partial charge is 0.308 e. The Bertz CT molecular complexity index is 896. The van der Waals surface area contributed by atoms with Gasteiger partial charge in [-0.3, -0.25) is 4.79 Å². The van der Waals surface area contributed by atoms with Gasteiger partial charge in [-0.1, -0.05) is 71.8 Å². The first kappa shape index (κ1) is 27.0. The maximum absolute atomic E-state index is 13.1. The van der Waals surface area contributed by atoms with Gasteiger partial charge in [0.15, 0.2) is 0 Å². The molecule has 35 heavy (non-hydrogen) atoms. The topological polar surface area (TPSA) is 46.5 Å². The minimum atomic E-state index is -0.190. The van der Waals surface area contributed by atoms with Crippen LogP contribution in [0.5, 0.6) is 0 Å². The number of rotatable bonds is 6. The first-order chi connectivity index (χ1) is 16.2. The van der Waals surface area contributed by atoms with Crippen LogP contribution in [0.1, 0.15) is 113 Å². The van der Waals surface area contributed by atoms with Crippen LogP contribution in [-0.4, -0.2) is 24.3 Å². The number of allylic oxidation sites excluding steroid dienone is 3. The number of hydrogen-bond acceptors (Lipinski definition) is 3. The van der Waals surface area contributed by atoms with Gasteiger partial charge in [0.05, 0.1) is 19.1 Å². The zero-order valence-corrected chi connectivity index (χ0v) is 23.9. The summed E-state index contributed by atoms with van der Waals surface area (Å²) in [5, 5.41) is 10.9. The van der Waals surface area contributed by atoms with E-state index in [9.17, 15) is 9.90 Å². The monoisotopic (exact) mass is 484 g/mol. The molecule has 4 aliphatic carbocycles. The summed E-state index contributed by atoms with van der Waals surface area (Å²) in [6, 6.07) is 0. The van der Waals surface area contributed by atoms with Crippen LogP contribution >= 0.6 is 0 Å². The predicted octanol–water partition coefficient (Wildman–Crippen LogP) is 7.88. The normalized spacial score (nSPS) is 41.1. The van der Waals surface area contributed by atoms with Crippen LogP contribution in [-0.2, 0) is 9.53 Å². The number of methoxy groups -OCH3 is 1. The van der Waals surface area contributed by atoms with E-state index in [0.29, 0.717) is 17.8 Å². The van der Waals surface area contributed by atoms with Crippen molar-refractivity contribution in [3.63, 3.8) is 0 Å². The second kappa shape index (κ2) is 9.03. The minimum absolute atomic E-state index is 0.0181. The molecule has 0 spiro atoms. The zero-order valence-electron chi connectivity index (χ0n) is 23.9. The van der Waals surface area contributed by atoms with Crippen molar-refractivity contribution >= 4 is 5.97 Å². The number of carbonyl (C=O) groups is 1. The molecule has 0 aromatic rings. The predicted molar refractivity (Wildman–Crippen MR) is 144 cm³/mol. The third-order valence-electron chi connectivity index (χ3n) is 12.4. The summed E-state index contributed by atoms with van der Waals surface area (Å²) in [5.41, 5.74) is 5.16. The number of fused-ring (bicyclic) bond motifs is 4. The van der Waals surface area contributed by atoms with Gasteiger partial charge in [0, 0.05) is 0 Å². The SMILES string of the molecule is C=C(CCC(C(=O)OC)C1CCC2(C)C3=C(CCC12C)C1(C)CCC(O)C(C)(C)C1CC3)C(C)C. The highest BCUT2D eigenvalue weighted by Crippen LogP contribution is 2.72. The molecule has 198 valence electrons. The molecule has 0 heterocycles. The Morgan fingerprint density at radius 2 is 1.71 bits per heavy atom. The van der Waals surface area contributed by atoms with Crippen molar-refractivity contribution in [3.8, 4) is 0 Å². The third-order valence-corrected chi connectivity index (χ3v) is 12.4. The molecule has 1 N–H and O–H groups in total. The maximum atomic E-state index is 13.1. The largest absolute Gasteiger partial charge is 0.469 e. The standard InChI is InChI=1S/C32H52O3/c1-20(2)21(3)10-11-22(28(34)35-9)23-14-18-32(8)25-12-13-26-29(4,5)27(33)16-17-30(26,6)24(25)15-19-31(23,32)7/h20,22-23,26-27,33H,3,10-19H2,1-2,4-9H3. The number of carbonyl (C=O) groups excluding carboxylic acids is 1. The first-order valence-corrected chi connectivity index (χ1v) is 14.4. The van der Waals surface area contributed by atoms with Gasteiger partial charge < -0.3 is 9.84 Å². The molecule has 7 unspecified atom stereocenters. The second-order valence-corrected chi connectivity index (χ2v) is 14.2. The summed E-state index contributed by atoms with van der Waals surface area (Å²) in [7, 11) is 1.56. The van der Waals surface area contributed by atoms with Gasteiger partial charge in [-0.05, 0) is 104 Å². The van der Waals surface area contributed by atoms with E-state index < -0.39 is 0 Å². The van der Waals surface area contributed by atoms with Gasteiger partial charge in [-0.2, -0.15) is 0 Å². The highest BCUT2D eigenvalue weighted by Gasteiger charge is 2.64. The molecule has 3 nitrogen and oxygen atoms in total. The molecule has 0 aromatic heterocycles. The van der Waals surface area contributed by atoms with Crippen LogP contribution in [0.15, 0.2) is 23.3 Å². The summed E-state index contributed by atoms with van der Waals surface area (Å²) in [6.45, 7) is 20.8. The van der Waals surface area contributed by atoms with Crippen molar-refractivity contribution in [2.75, 3.05) is 7.11 Å². The van der Waals surface area contributed by atoms with Crippen molar-refractivity contribution in [1.82, 2.24) is 0 Å². The van der Waals surface area contributed by atoms with E-state index >= 15 is 0 Å². The maximum Gasteiger partial charge on any atom is 0.308 e. The number of ether oxygens (including phenoxy) is 1. The summed E-state index contributed by atoms with van der Waals surface area (Å²) in [4.78, 5) is 13.1. The van der Waals surface area contributed by atoms with Gasteiger partial charge in [-0.25, -0.2) is 0 Å². The van der Waals surface area contributed by atoms with Crippen molar-refractivity contribution in [2.24, 2.45) is 45.3 Å². The van der Waals surface area contributed by atoms with Crippen LogP contribution in [0, 0.1) is 45.3 Å². The Labute approximate surface area is 215 Å². The molecule has 4 rings (SSSR count). The molecule has 4 aliphatic rings. The van der Waals surface area contributed by atoms with Crippen molar-refractivity contribution in [3.05, 3.63) is 23.3 Å². The molecule has 3 heteroatoms. The molecule has 7 atom stereocenters. The van der Waals surface area contributed by atoms with Crippen LogP contribution in [0.4, 0.5) is 0 Å². The van der Waals surface area contributed by atoms with Crippen molar-refractivity contribution in [2.45, 2.75) is 119 Å². The zero-order chi connectivity index (χ0) is 26.0. The van der Waals surface area contributed by atoms with Crippen molar-refractivity contribution < 1.29 is 14.6 Å². The van der Waals surface area contributed by atoms with E-state index in [-0.39, 0.29) is 39.7 Å². The van der Waals surface area contributed by atoms with Gasteiger partial charge in [-0.15, -0.1) is 0 Å². The molecular formula is C32H52O3.